The molecular weight excluding hydrogens is 318 g/mol. The first-order chi connectivity index (χ1) is 10.8. The normalized spacial score (nSPS) is 21.4. The molecule has 1 saturated heterocycles. The van der Waals surface area contributed by atoms with Gasteiger partial charge in [0.05, 0.1) is 10.6 Å². The second-order valence-corrected chi connectivity index (χ2v) is 7.92. The van der Waals surface area contributed by atoms with Crippen LogP contribution >= 0.6 is 0 Å². The lowest BCUT2D eigenvalue weighted by Gasteiger charge is -2.28. The number of likely N-dealkylation sites (tertiary alicyclic amines) is 1. The van der Waals surface area contributed by atoms with Crippen LogP contribution in [0, 0.1) is 0 Å². The monoisotopic (exact) mass is 339 g/mol. The third-order valence-electron chi connectivity index (χ3n) is 4.31. The fourth-order valence-electron chi connectivity index (χ4n) is 2.97. The molecule has 0 bridgehead atoms. The molecular formula is C16H21NO5S. The smallest absolute Gasteiger partial charge is 0.326 e. The molecule has 1 aliphatic heterocycles. The van der Waals surface area contributed by atoms with E-state index in [-0.39, 0.29) is 22.3 Å². The highest BCUT2D eigenvalue weighted by Gasteiger charge is 2.40. The largest absolute Gasteiger partial charge is 0.480 e. The molecule has 1 aliphatic rings. The van der Waals surface area contributed by atoms with Crippen LogP contribution in [-0.2, 0) is 14.6 Å². The lowest BCUT2D eigenvalue weighted by molar-refractivity contribution is -0.141. The van der Waals surface area contributed by atoms with Crippen molar-refractivity contribution in [3.63, 3.8) is 0 Å². The van der Waals surface area contributed by atoms with E-state index >= 15 is 0 Å². The molecule has 7 heteroatoms. The number of carbonyl (C=O) groups excluding carboxylic acids is 1. The predicted octanol–water partition coefficient (Wildman–Crippen LogP) is 1.95. The van der Waals surface area contributed by atoms with E-state index in [0.29, 0.717) is 19.3 Å². The minimum atomic E-state index is -3.41. The summed E-state index contributed by atoms with van der Waals surface area (Å²) in [6.07, 6.45) is 1.74. The number of carboxylic acids is 1. The van der Waals surface area contributed by atoms with Gasteiger partial charge >= 0.3 is 5.97 Å². The van der Waals surface area contributed by atoms with Gasteiger partial charge in [-0.3, -0.25) is 4.79 Å². The van der Waals surface area contributed by atoms with Crippen molar-refractivity contribution < 1.29 is 23.1 Å². The molecule has 0 saturated carbocycles. The van der Waals surface area contributed by atoms with Gasteiger partial charge < -0.3 is 10.0 Å². The van der Waals surface area contributed by atoms with Gasteiger partial charge in [0.2, 0.25) is 0 Å². The van der Waals surface area contributed by atoms with Gasteiger partial charge in [-0.1, -0.05) is 19.9 Å². The lowest BCUT2D eigenvalue weighted by atomic mass is 10.1. The maximum Gasteiger partial charge on any atom is 0.326 e. The summed E-state index contributed by atoms with van der Waals surface area (Å²) in [6.45, 7) is 3.45. The van der Waals surface area contributed by atoms with Crippen LogP contribution in [0.25, 0.3) is 0 Å². The topological polar surface area (TPSA) is 91.8 Å². The molecule has 1 fully saturated rings. The van der Waals surface area contributed by atoms with Crippen LogP contribution in [-0.4, -0.2) is 48.1 Å². The Morgan fingerprint density at radius 2 is 1.96 bits per heavy atom. The van der Waals surface area contributed by atoms with Gasteiger partial charge in [0.1, 0.15) is 6.04 Å². The summed E-state index contributed by atoms with van der Waals surface area (Å²) in [7, 11) is -3.41. The van der Waals surface area contributed by atoms with Gasteiger partial charge in [0, 0.05) is 11.6 Å². The van der Waals surface area contributed by atoms with E-state index in [9.17, 15) is 23.1 Å². The summed E-state index contributed by atoms with van der Waals surface area (Å²) < 4.78 is 23.9. The minimum Gasteiger partial charge on any atom is -0.480 e. The van der Waals surface area contributed by atoms with Crippen LogP contribution < -0.4 is 0 Å². The Bertz CT molecular complexity index is 713. The van der Waals surface area contributed by atoms with Crippen molar-refractivity contribution in [1.82, 2.24) is 4.90 Å². The molecule has 2 rings (SSSR count). The highest BCUT2D eigenvalue weighted by Crippen LogP contribution is 2.29. The first-order valence-corrected chi connectivity index (χ1v) is 9.35. The first kappa shape index (κ1) is 17.5. The number of hydrogen-bond acceptors (Lipinski definition) is 4. The van der Waals surface area contributed by atoms with Crippen molar-refractivity contribution in [2.75, 3.05) is 5.75 Å². The van der Waals surface area contributed by atoms with Gasteiger partial charge in [-0.2, -0.15) is 0 Å². The zero-order valence-electron chi connectivity index (χ0n) is 13.2. The molecule has 0 radical (unpaired) electrons. The molecule has 6 nitrogen and oxygen atoms in total. The fraction of sp³-hybridized carbons (Fsp3) is 0.500. The molecule has 23 heavy (non-hydrogen) atoms. The number of rotatable bonds is 5. The van der Waals surface area contributed by atoms with Crippen LogP contribution in [0.5, 0.6) is 0 Å². The average Bonchev–Trinajstić information content (AvgIpc) is 2.98. The maximum absolute atomic E-state index is 12.8. The molecule has 1 heterocycles. The third-order valence-corrected chi connectivity index (χ3v) is 6.05. The first-order valence-electron chi connectivity index (χ1n) is 7.70. The van der Waals surface area contributed by atoms with E-state index in [1.807, 2.05) is 6.92 Å². The number of carboxylic acid groups (broad SMARTS) is 1. The summed E-state index contributed by atoms with van der Waals surface area (Å²) in [4.78, 5) is 25.6. The molecule has 126 valence electrons. The Hall–Kier alpha value is -1.89. The number of benzene rings is 1. The summed E-state index contributed by atoms with van der Waals surface area (Å²) >= 11 is 0. The third kappa shape index (κ3) is 3.39. The van der Waals surface area contributed by atoms with Gasteiger partial charge in [0.25, 0.3) is 5.91 Å². The zero-order chi connectivity index (χ0) is 17.2. The second-order valence-electron chi connectivity index (χ2n) is 5.64. The van der Waals surface area contributed by atoms with E-state index in [1.54, 1.807) is 0 Å². The molecule has 1 aromatic rings. The van der Waals surface area contributed by atoms with Gasteiger partial charge in [-0.25, -0.2) is 13.2 Å². The van der Waals surface area contributed by atoms with Crippen molar-refractivity contribution >= 4 is 21.7 Å². The Labute approximate surface area is 136 Å². The summed E-state index contributed by atoms with van der Waals surface area (Å²) in [5.74, 6) is -1.49. The van der Waals surface area contributed by atoms with Gasteiger partial charge in [-0.15, -0.1) is 0 Å². The second kappa shape index (κ2) is 6.70. The SMILES string of the molecule is CC[C@@H]1CC[C@H](C(=O)O)N1C(=O)c1cccc(S(=O)(=O)CC)c1. The Balaban J connectivity index is 2.39. The molecule has 1 N–H and O–H groups in total. The number of hydrogen-bond donors (Lipinski definition) is 1. The molecule has 1 amide bonds. The van der Waals surface area contributed by atoms with Crippen LogP contribution in [0.1, 0.15) is 43.5 Å². The number of carbonyl (C=O) groups is 2. The lowest BCUT2D eigenvalue weighted by Crippen LogP contribution is -2.44. The van der Waals surface area contributed by atoms with Crippen LogP contribution in [0.2, 0.25) is 0 Å². The number of sulfone groups is 1. The minimum absolute atomic E-state index is 0.0519. The molecule has 2 atom stereocenters. The molecule has 0 unspecified atom stereocenters. The Morgan fingerprint density at radius 3 is 2.52 bits per heavy atom. The van der Waals surface area contributed by atoms with E-state index < -0.39 is 27.8 Å². The number of amides is 1. The molecule has 0 spiro atoms. The Kier molecular flexibility index (Phi) is 5.09. The quantitative estimate of drug-likeness (QED) is 0.885. The predicted molar refractivity (Wildman–Crippen MR) is 85.1 cm³/mol. The molecule has 0 aliphatic carbocycles. The van der Waals surface area contributed by atoms with Gasteiger partial charge in [0.15, 0.2) is 9.84 Å². The van der Waals surface area contributed by atoms with Crippen molar-refractivity contribution in [3.8, 4) is 0 Å². The van der Waals surface area contributed by atoms with Crippen LogP contribution in [0.3, 0.4) is 0 Å². The van der Waals surface area contributed by atoms with Crippen molar-refractivity contribution in [1.29, 1.82) is 0 Å². The molecule has 0 aromatic heterocycles. The maximum atomic E-state index is 12.8. The van der Waals surface area contributed by atoms with E-state index in [0.717, 1.165) is 0 Å². The van der Waals surface area contributed by atoms with Crippen LogP contribution in [0.4, 0.5) is 0 Å². The summed E-state index contributed by atoms with van der Waals surface area (Å²) in [5.41, 5.74) is 0.214. The van der Waals surface area contributed by atoms with E-state index in [2.05, 4.69) is 0 Å². The van der Waals surface area contributed by atoms with Crippen molar-refractivity contribution in [3.05, 3.63) is 29.8 Å². The van der Waals surface area contributed by atoms with Gasteiger partial charge in [-0.05, 0) is 37.5 Å². The fourth-order valence-corrected chi connectivity index (χ4v) is 3.90. The average molecular weight is 339 g/mol. The summed E-state index contributed by atoms with van der Waals surface area (Å²) in [5, 5.41) is 9.32. The van der Waals surface area contributed by atoms with E-state index in [4.69, 9.17) is 0 Å². The number of aliphatic carboxylic acids is 1. The zero-order valence-corrected chi connectivity index (χ0v) is 14.0. The van der Waals surface area contributed by atoms with Crippen molar-refractivity contribution in [2.24, 2.45) is 0 Å². The highest BCUT2D eigenvalue weighted by atomic mass is 32.2. The Morgan fingerprint density at radius 1 is 1.26 bits per heavy atom. The summed E-state index contributed by atoms with van der Waals surface area (Å²) in [6, 6.07) is 4.86. The standard InChI is InChI=1S/C16H21NO5S/c1-3-12-8-9-14(16(19)20)17(12)15(18)11-6-5-7-13(10-11)23(21,22)4-2/h5-7,10,12,14H,3-4,8-9H2,1-2H3,(H,19,20)/t12-,14-/m1/s1. The highest BCUT2D eigenvalue weighted by molar-refractivity contribution is 7.91. The van der Waals surface area contributed by atoms with Crippen LogP contribution in [0.15, 0.2) is 29.2 Å². The van der Waals surface area contributed by atoms with E-state index in [1.165, 1.54) is 36.1 Å². The van der Waals surface area contributed by atoms with Crippen molar-refractivity contribution in [2.45, 2.75) is 50.1 Å². The molecule has 1 aromatic carbocycles. The number of nitrogens with zero attached hydrogens (tertiary/aromatic N) is 1.